The molecule has 166 valence electrons. The fourth-order valence-corrected chi connectivity index (χ4v) is 4.38. The first kappa shape index (κ1) is 22.9. The summed E-state index contributed by atoms with van der Waals surface area (Å²) in [5, 5.41) is 7.55. The van der Waals surface area contributed by atoms with Crippen molar-refractivity contribution in [3.8, 4) is 0 Å². The summed E-state index contributed by atoms with van der Waals surface area (Å²) in [4.78, 5) is 40.8. The third-order valence-corrected chi connectivity index (χ3v) is 6.58. The van der Waals surface area contributed by atoms with Crippen LogP contribution in [0.5, 0.6) is 0 Å². The van der Waals surface area contributed by atoms with E-state index in [1.54, 1.807) is 17.0 Å². The van der Waals surface area contributed by atoms with Crippen molar-refractivity contribution in [2.75, 3.05) is 13.1 Å². The number of benzene rings is 1. The first-order valence-electron chi connectivity index (χ1n) is 10.6. The lowest BCUT2D eigenvalue weighted by molar-refractivity contribution is -0.125. The minimum absolute atomic E-state index is 0.00977. The minimum atomic E-state index is -0.792. The van der Waals surface area contributed by atoms with Crippen LogP contribution >= 0.6 is 11.3 Å². The van der Waals surface area contributed by atoms with Gasteiger partial charge in [-0.2, -0.15) is 0 Å². The summed E-state index contributed by atoms with van der Waals surface area (Å²) in [5.74, 6) is -1.67. The van der Waals surface area contributed by atoms with Crippen LogP contribution in [0.2, 0.25) is 0 Å². The van der Waals surface area contributed by atoms with E-state index in [0.29, 0.717) is 30.8 Å². The molecule has 0 radical (unpaired) electrons. The Morgan fingerprint density at radius 1 is 1.13 bits per heavy atom. The van der Waals surface area contributed by atoms with Crippen LogP contribution in [0.3, 0.4) is 0 Å². The lowest BCUT2D eigenvalue weighted by atomic mass is 9.88. The van der Waals surface area contributed by atoms with E-state index >= 15 is 0 Å². The van der Waals surface area contributed by atoms with E-state index in [2.05, 4.69) is 10.6 Å². The summed E-state index contributed by atoms with van der Waals surface area (Å²) in [6, 6.07) is 8.53. The van der Waals surface area contributed by atoms with Gasteiger partial charge < -0.3 is 15.5 Å². The molecule has 2 heterocycles. The van der Waals surface area contributed by atoms with Crippen LogP contribution in [0.4, 0.5) is 4.39 Å². The molecule has 0 unspecified atom stereocenters. The van der Waals surface area contributed by atoms with Crippen molar-refractivity contribution < 1.29 is 18.8 Å². The Kier molecular flexibility index (Phi) is 7.79. The van der Waals surface area contributed by atoms with Crippen molar-refractivity contribution in [1.29, 1.82) is 0 Å². The fraction of sp³-hybridized carbons (Fsp3) is 0.435. The molecule has 0 bridgehead atoms. The van der Waals surface area contributed by atoms with Gasteiger partial charge in [0.25, 0.3) is 11.8 Å². The van der Waals surface area contributed by atoms with Crippen LogP contribution < -0.4 is 10.6 Å². The average molecular weight is 446 g/mol. The molecule has 1 aromatic carbocycles. The maximum Gasteiger partial charge on any atom is 0.263 e. The molecule has 2 aromatic rings. The number of carbonyl (C=O) groups excluding carboxylic acids is 3. The highest BCUT2D eigenvalue weighted by atomic mass is 32.1. The fourth-order valence-electron chi connectivity index (χ4n) is 3.69. The zero-order chi connectivity index (χ0) is 22.4. The number of rotatable bonds is 7. The molecule has 3 amide bonds. The Morgan fingerprint density at radius 2 is 1.84 bits per heavy atom. The zero-order valence-electron chi connectivity index (χ0n) is 17.8. The van der Waals surface area contributed by atoms with Gasteiger partial charge in [0.05, 0.1) is 10.4 Å². The van der Waals surface area contributed by atoms with Crippen LogP contribution in [0.15, 0.2) is 41.8 Å². The number of amides is 3. The molecular weight excluding hydrogens is 417 g/mol. The molecular formula is C23H28FN3O3S. The lowest BCUT2D eigenvalue weighted by Gasteiger charge is -2.36. The number of piperidine rings is 1. The second kappa shape index (κ2) is 10.5. The summed E-state index contributed by atoms with van der Waals surface area (Å²) >= 11 is 1.41. The van der Waals surface area contributed by atoms with Gasteiger partial charge in [-0.05, 0) is 55.7 Å². The quantitative estimate of drug-likeness (QED) is 0.685. The summed E-state index contributed by atoms with van der Waals surface area (Å²) in [6.07, 6.45) is 1.91. The Morgan fingerprint density at radius 3 is 2.45 bits per heavy atom. The van der Waals surface area contributed by atoms with Crippen molar-refractivity contribution >= 4 is 29.1 Å². The number of hydrogen-bond donors (Lipinski definition) is 2. The molecule has 0 spiro atoms. The van der Waals surface area contributed by atoms with Crippen molar-refractivity contribution in [1.82, 2.24) is 15.5 Å². The summed E-state index contributed by atoms with van der Waals surface area (Å²) in [5.41, 5.74) is -0.0888. The van der Waals surface area contributed by atoms with Gasteiger partial charge in [-0.25, -0.2) is 4.39 Å². The summed E-state index contributed by atoms with van der Waals surface area (Å²) in [7, 11) is 0. The standard InChI is InChI=1S/C23H28FN3O3S/c1-3-15(2)25-22(29)20(26-21(28)17-7-4-5-8-18(17)24)16-10-12-27(13-11-16)23(30)19-9-6-14-31-19/h4-9,14-16,20H,3,10-13H2,1-2H3,(H,25,29)(H,26,28)/t15-,20-/m1/s1. The van der Waals surface area contributed by atoms with Gasteiger partial charge in [0, 0.05) is 19.1 Å². The summed E-state index contributed by atoms with van der Waals surface area (Å²) < 4.78 is 14.1. The monoisotopic (exact) mass is 445 g/mol. The van der Waals surface area contributed by atoms with Crippen molar-refractivity contribution in [3.05, 3.63) is 58.0 Å². The van der Waals surface area contributed by atoms with Crippen LogP contribution in [0, 0.1) is 11.7 Å². The average Bonchev–Trinajstić information content (AvgIpc) is 3.32. The Hall–Kier alpha value is -2.74. The van der Waals surface area contributed by atoms with E-state index in [0.717, 1.165) is 6.42 Å². The molecule has 2 atom stereocenters. The Bertz CT molecular complexity index is 911. The van der Waals surface area contributed by atoms with E-state index in [9.17, 15) is 18.8 Å². The molecule has 6 nitrogen and oxygen atoms in total. The molecule has 3 rings (SSSR count). The zero-order valence-corrected chi connectivity index (χ0v) is 18.6. The van der Waals surface area contributed by atoms with Gasteiger partial charge >= 0.3 is 0 Å². The van der Waals surface area contributed by atoms with E-state index in [-0.39, 0.29) is 29.3 Å². The minimum Gasteiger partial charge on any atom is -0.352 e. The largest absolute Gasteiger partial charge is 0.352 e. The molecule has 8 heteroatoms. The smallest absolute Gasteiger partial charge is 0.263 e. The second-order valence-electron chi connectivity index (χ2n) is 7.86. The maximum atomic E-state index is 14.1. The van der Waals surface area contributed by atoms with Crippen LogP contribution in [-0.2, 0) is 4.79 Å². The molecule has 0 aliphatic carbocycles. The van der Waals surface area contributed by atoms with E-state index in [1.807, 2.05) is 25.3 Å². The number of nitrogens with zero attached hydrogens (tertiary/aromatic N) is 1. The highest BCUT2D eigenvalue weighted by Crippen LogP contribution is 2.24. The number of thiophene rings is 1. The van der Waals surface area contributed by atoms with Gasteiger partial charge in [-0.3, -0.25) is 14.4 Å². The third kappa shape index (κ3) is 5.70. The van der Waals surface area contributed by atoms with E-state index in [4.69, 9.17) is 0 Å². The van der Waals surface area contributed by atoms with Crippen molar-refractivity contribution in [2.45, 2.75) is 45.2 Å². The molecule has 1 aliphatic heterocycles. The van der Waals surface area contributed by atoms with Gasteiger partial charge in [0.1, 0.15) is 11.9 Å². The van der Waals surface area contributed by atoms with Crippen LogP contribution in [0.1, 0.15) is 53.1 Å². The first-order chi connectivity index (χ1) is 14.9. The molecule has 0 saturated carbocycles. The molecule has 1 fully saturated rings. The highest BCUT2D eigenvalue weighted by molar-refractivity contribution is 7.12. The normalized spacial score (nSPS) is 16.4. The number of nitrogens with one attached hydrogen (secondary N) is 2. The lowest BCUT2D eigenvalue weighted by Crippen LogP contribution is -2.55. The number of carbonyl (C=O) groups is 3. The number of halogens is 1. The molecule has 1 aliphatic rings. The first-order valence-corrected chi connectivity index (χ1v) is 11.5. The maximum absolute atomic E-state index is 14.1. The van der Waals surface area contributed by atoms with Crippen LogP contribution in [0.25, 0.3) is 0 Å². The number of hydrogen-bond acceptors (Lipinski definition) is 4. The van der Waals surface area contributed by atoms with Gasteiger partial charge in [0.15, 0.2) is 0 Å². The second-order valence-corrected chi connectivity index (χ2v) is 8.80. The molecule has 31 heavy (non-hydrogen) atoms. The summed E-state index contributed by atoms with van der Waals surface area (Å²) in [6.45, 7) is 4.87. The van der Waals surface area contributed by atoms with E-state index in [1.165, 1.54) is 29.5 Å². The molecule has 2 N–H and O–H groups in total. The topological polar surface area (TPSA) is 78.5 Å². The Balaban J connectivity index is 1.71. The SMILES string of the molecule is CC[C@@H](C)NC(=O)[C@H](NC(=O)c1ccccc1F)C1CCN(C(=O)c2cccs2)CC1. The number of likely N-dealkylation sites (tertiary alicyclic amines) is 1. The van der Waals surface area contributed by atoms with Gasteiger partial charge in [-0.15, -0.1) is 11.3 Å². The van der Waals surface area contributed by atoms with Crippen molar-refractivity contribution in [2.24, 2.45) is 5.92 Å². The highest BCUT2D eigenvalue weighted by Gasteiger charge is 2.35. The molecule has 1 saturated heterocycles. The predicted octanol–water partition coefficient (Wildman–Crippen LogP) is 3.45. The van der Waals surface area contributed by atoms with Gasteiger partial charge in [0.2, 0.25) is 5.91 Å². The van der Waals surface area contributed by atoms with E-state index < -0.39 is 17.8 Å². The molecule has 1 aromatic heterocycles. The van der Waals surface area contributed by atoms with Gasteiger partial charge in [-0.1, -0.05) is 25.1 Å². The Labute approximate surface area is 185 Å². The third-order valence-electron chi connectivity index (χ3n) is 5.72. The van der Waals surface area contributed by atoms with Crippen molar-refractivity contribution in [3.63, 3.8) is 0 Å². The predicted molar refractivity (Wildman–Crippen MR) is 118 cm³/mol. The van der Waals surface area contributed by atoms with Crippen LogP contribution in [-0.4, -0.2) is 47.8 Å².